The smallest absolute Gasteiger partial charge is 0.171 e. The van der Waals surface area contributed by atoms with Crippen molar-refractivity contribution >= 4 is 9.47 Å². The van der Waals surface area contributed by atoms with Crippen LogP contribution in [0.1, 0.15) is 58.8 Å². The summed E-state index contributed by atoms with van der Waals surface area (Å²) in [6.45, 7) is 5.86. The number of rotatable bonds is 8. The van der Waals surface area contributed by atoms with Gasteiger partial charge in [-0.3, -0.25) is 0 Å². The SMILES string of the molecule is CCCCC(C)C1(CC[C@H]2C(OP)CC3OC(O)CC32)OCCO1. The van der Waals surface area contributed by atoms with Crippen molar-refractivity contribution in [3.05, 3.63) is 0 Å². The van der Waals surface area contributed by atoms with E-state index in [9.17, 15) is 5.11 Å². The van der Waals surface area contributed by atoms with Gasteiger partial charge in [0.15, 0.2) is 12.1 Å². The molecule has 3 fully saturated rings. The van der Waals surface area contributed by atoms with E-state index < -0.39 is 12.1 Å². The first-order valence-electron chi connectivity index (χ1n) is 9.56. The monoisotopic (exact) mass is 360 g/mol. The quantitative estimate of drug-likeness (QED) is 0.674. The van der Waals surface area contributed by atoms with E-state index in [1.165, 1.54) is 12.8 Å². The summed E-state index contributed by atoms with van der Waals surface area (Å²) in [5.41, 5.74) is 0. The van der Waals surface area contributed by atoms with Crippen molar-refractivity contribution in [1.82, 2.24) is 0 Å². The van der Waals surface area contributed by atoms with Gasteiger partial charge in [0.25, 0.3) is 0 Å². The van der Waals surface area contributed by atoms with Crippen LogP contribution in [0.3, 0.4) is 0 Å². The minimum absolute atomic E-state index is 0.134. The summed E-state index contributed by atoms with van der Waals surface area (Å²) in [6, 6.07) is 0. The van der Waals surface area contributed by atoms with Crippen LogP contribution in [0.15, 0.2) is 0 Å². The Labute approximate surface area is 148 Å². The molecule has 2 saturated heterocycles. The zero-order valence-electron chi connectivity index (χ0n) is 15.0. The van der Waals surface area contributed by atoms with E-state index >= 15 is 0 Å². The lowest BCUT2D eigenvalue weighted by Crippen LogP contribution is -2.39. The van der Waals surface area contributed by atoms with Gasteiger partial charge in [-0.05, 0) is 24.7 Å². The second-order valence-corrected chi connectivity index (χ2v) is 7.97. The molecular weight excluding hydrogens is 327 g/mol. The third-order valence-corrected chi connectivity index (χ3v) is 6.64. The Bertz CT molecular complexity index is 401. The maximum atomic E-state index is 9.81. The van der Waals surface area contributed by atoms with Crippen molar-refractivity contribution < 1.29 is 23.8 Å². The second-order valence-electron chi connectivity index (χ2n) is 7.69. The molecule has 0 radical (unpaired) electrons. The molecule has 7 atom stereocenters. The molecule has 3 aliphatic rings. The molecule has 0 aromatic carbocycles. The second kappa shape index (κ2) is 8.28. The predicted octanol–water partition coefficient (Wildman–Crippen LogP) is 3.25. The molecule has 140 valence electrons. The predicted molar refractivity (Wildman–Crippen MR) is 94.2 cm³/mol. The van der Waals surface area contributed by atoms with Gasteiger partial charge >= 0.3 is 0 Å². The van der Waals surface area contributed by atoms with E-state index in [0.717, 1.165) is 32.1 Å². The van der Waals surface area contributed by atoms with Crippen LogP contribution in [0.4, 0.5) is 0 Å². The number of aliphatic hydroxyl groups is 1. The van der Waals surface area contributed by atoms with Crippen molar-refractivity contribution in [3.63, 3.8) is 0 Å². The summed E-state index contributed by atoms with van der Waals surface area (Å²) in [5.74, 6) is 0.747. The van der Waals surface area contributed by atoms with E-state index in [-0.39, 0.29) is 12.2 Å². The Morgan fingerprint density at radius 3 is 2.71 bits per heavy atom. The summed E-state index contributed by atoms with van der Waals surface area (Å²) < 4.78 is 23.5. The van der Waals surface area contributed by atoms with Crippen LogP contribution in [-0.4, -0.2) is 42.6 Å². The van der Waals surface area contributed by atoms with Crippen LogP contribution in [0.2, 0.25) is 0 Å². The van der Waals surface area contributed by atoms with Crippen LogP contribution in [0.5, 0.6) is 0 Å². The molecule has 0 aromatic heterocycles. The average molecular weight is 360 g/mol. The molecule has 3 rings (SSSR count). The fourth-order valence-corrected chi connectivity index (χ4v) is 5.22. The standard InChI is InChI=1S/C18H33O5P/c1-3-4-5-12(2)18(20-8-9-21-18)7-6-13-14-10-17(19)22-15(14)11-16(13)23-24/h12-17,19H,3-11,24H2,1-2H3/t12?,13-,14?,15?,16?,17?/m1/s1. The first-order valence-corrected chi connectivity index (χ1v) is 10.0. The highest BCUT2D eigenvalue weighted by atomic mass is 31.0. The van der Waals surface area contributed by atoms with E-state index in [2.05, 4.69) is 23.3 Å². The van der Waals surface area contributed by atoms with Gasteiger partial charge in [-0.15, -0.1) is 0 Å². The van der Waals surface area contributed by atoms with Crippen molar-refractivity contribution in [2.75, 3.05) is 13.2 Å². The number of unbranched alkanes of at least 4 members (excludes halogenated alkanes) is 1. The van der Waals surface area contributed by atoms with E-state index in [0.29, 0.717) is 31.0 Å². The molecule has 1 saturated carbocycles. The van der Waals surface area contributed by atoms with Crippen LogP contribution in [-0.2, 0) is 18.7 Å². The van der Waals surface area contributed by atoms with Crippen LogP contribution in [0, 0.1) is 17.8 Å². The molecule has 6 heteroatoms. The number of ether oxygens (including phenoxy) is 3. The molecule has 24 heavy (non-hydrogen) atoms. The van der Waals surface area contributed by atoms with Gasteiger partial charge in [0.1, 0.15) is 0 Å². The molecule has 5 nitrogen and oxygen atoms in total. The minimum Gasteiger partial charge on any atom is -0.368 e. The zero-order chi connectivity index (χ0) is 17.2. The maximum absolute atomic E-state index is 9.81. The zero-order valence-corrected chi connectivity index (χ0v) is 16.1. The average Bonchev–Trinajstić information content (AvgIpc) is 3.25. The summed E-state index contributed by atoms with van der Waals surface area (Å²) in [4.78, 5) is 0. The van der Waals surface area contributed by atoms with E-state index in [4.69, 9.17) is 18.7 Å². The first kappa shape index (κ1) is 19.0. The molecule has 0 aromatic rings. The summed E-state index contributed by atoms with van der Waals surface area (Å²) >= 11 is 0. The Morgan fingerprint density at radius 1 is 1.29 bits per heavy atom. The van der Waals surface area contributed by atoms with Gasteiger partial charge in [-0.1, -0.05) is 26.7 Å². The third-order valence-electron chi connectivity index (χ3n) is 6.29. The molecule has 0 amide bonds. The van der Waals surface area contributed by atoms with E-state index in [1.54, 1.807) is 0 Å². The lowest BCUT2D eigenvalue weighted by atomic mass is 9.83. The first-order chi connectivity index (χ1) is 11.6. The molecule has 0 spiro atoms. The van der Waals surface area contributed by atoms with Crippen molar-refractivity contribution in [2.45, 2.75) is 83.1 Å². The topological polar surface area (TPSA) is 57.2 Å². The van der Waals surface area contributed by atoms with Crippen molar-refractivity contribution in [1.29, 1.82) is 0 Å². The highest BCUT2D eigenvalue weighted by Gasteiger charge is 2.51. The van der Waals surface area contributed by atoms with Crippen LogP contribution in [0.25, 0.3) is 0 Å². The largest absolute Gasteiger partial charge is 0.368 e. The molecule has 6 unspecified atom stereocenters. The fourth-order valence-electron chi connectivity index (χ4n) is 4.90. The van der Waals surface area contributed by atoms with Gasteiger partial charge < -0.3 is 23.8 Å². The Balaban J connectivity index is 1.63. The number of hydrogen-bond donors (Lipinski definition) is 1. The molecule has 2 heterocycles. The van der Waals surface area contributed by atoms with Gasteiger partial charge in [0.05, 0.1) is 25.4 Å². The number of hydrogen-bond acceptors (Lipinski definition) is 5. The Morgan fingerprint density at radius 2 is 2.04 bits per heavy atom. The van der Waals surface area contributed by atoms with Crippen molar-refractivity contribution in [3.8, 4) is 0 Å². The number of aliphatic hydroxyl groups excluding tert-OH is 1. The fraction of sp³-hybridized carbons (Fsp3) is 1.00. The highest BCUT2D eigenvalue weighted by molar-refractivity contribution is 7.09. The molecule has 1 N–H and O–H groups in total. The van der Waals surface area contributed by atoms with Crippen molar-refractivity contribution in [2.24, 2.45) is 17.8 Å². The normalized spacial score (nSPS) is 39.2. The van der Waals surface area contributed by atoms with Gasteiger partial charge in [-0.25, -0.2) is 0 Å². The molecule has 0 bridgehead atoms. The van der Waals surface area contributed by atoms with Gasteiger partial charge in [-0.2, -0.15) is 0 Å². The van der Waals surface area contributed by atoms with Gasteiger partial charge in [0, 0.05) is 34.6 Å². The van der Waals surface area contributed by atoms with Crippen LogP contribution >= 0.6 is 9.47 Å². The third kappa shape index (κ3) is 3.82. The minimum atomic E-state index is -0.607. The molecule has 1 aliphatic carbocycles. The van der Waals surface area contributed by atoms with Gasteiger partial charge in [0.2, 0.25) is 0 Å². The molecular formula is C18H33O5P. The number of fused-ring (bicyclic) bond motifs is 1. The van der Waals surface area contributed by atoms with E-state index in [1.807, 2.05) is 0 Å². The summed E-state index contributed by atoms with van der Waals surface area (Å²) in [5, 5.41) is 9.81. The lowest BCUT2D eigenvalue weighted by Gasteiger charge is -2.35. The summed E-state index contributed by atoms with van der Waals surface area (Å²) in [7, 11) is 2.41. The Kier molecular flexibility index (Phi) is 6.56. The Hall–Kier alpha value is 0.230. The maximum Gasteiger partial charge on any atom is 0.171 e. The summed E-state index contributed by atoms with van der Waals surface area (Å²) in [6.07, 6.45) is 6.74. The van der Waals surface area contributed by atoms with Crippen LogP contribution < -0.4 is 0 Å². The molecule has 2 aliphatic heterocycles. The lowest BCUT2D eigenvalue weighted by molar-refractivity contribution is -0.201. The highest BCUT2D eigenvalue weighted by Crippen LogP contribution is 2.48.